The summed E-state index contributed by atoms with van der Waals surface area (Å²) < 4.78 is 0. The van der Waals surface area contributed by atoms with Gasteiger partial charge in [-0.1, -0.05) is 26.7 Å². The standard InChI is InChI=1S/C14H28N4O3/c1-3-7(4-2)5-9(15)11-10(18-14(16)17)6-8(12(11)19)13(20)21/h7-12,19H,3-6,15H2,1-2H3,(H,20,21)(H4,16,17,18). The molecule has 1 saturated carbocycles. The predicted molar refractivity (Wildman–Crippen MR) is 81.5 cm³/mol. The fraction of sp³-hybridized carbons (Fsp3) is 0.857. The van der Waals surface area contributed by atoms with Crippen LogP contribution in [0, 0.1) is 17.8 Å². The van der Waals surface area contributed by atoms with Gasteiger partial charge in [0.1, 0.15) is 0 Å². The van der Waals surface area contributed by atoms with E-state index in [1.54, 1.807) is 0 Å². The van der Waals surface area contributed by atoms with Crippen molar-refractivity contribution < 1.29 is 15.0 Å². The first-order valence-electron chi connectivity index (χ1n) is 7.56. The predicted octanol–water partition coefficient (Wildman–Crippen LogP) is -0.136. The number of aliphatic hydroxyl groups excluding tert-OH is 1. The molecule has 1 aliphatic rings. The fourth-order valence-electron chi connectivity index (χ4n) is 3.33. The van der Waals surface area contributed by atoms with Gasteiger partial charge in [-0.15, -0.1) is 0 Å². The van der Waals surface area contributed by atoms with Crippen molar-refractivity contribution >= 4 is 11.9 Å². The first kappa shape index (κ1) is 17.7. The first-order valence-corrected chi connectivity index (χ1v) is 7.56. The summed E-state index contributed by atoms with van der Waals surface area (Å²) in [6.07, 6.45) is 1.94. The number of carbonyl (C=O) groups is 1. The van der Waals surface area contributed by atoms with Crippen LogP contribution >= 0.6 is 0 Å². The van der Waals surface area contributed by atoms with E-state index in [1.165, 1.54) is 0 Å². The van der Waals surface area contributed by atoms with Gasteiger partial charge in [0.15, 0.2) is 5.96 Å². The number of hydrogen-bond donors (Lipinski definition) is 5. The van der Waals surface area contributed by atoms with Crippen LogP contribution in [0.5, 0.6) is 0 Å². The average Bonchev–Trinajstić information content (AvgIpc) is 2.71. The van der Waals surface area contributed by atoms with Crippen molar-refractivity contribution in [2.24, 2.45) is 39.9 Å². The number of aliphatic imine (C=N–C) groups is 1. The number of carboxylic acids is 1. The van der Waals surface area contributed by atoms with E-state index in [1.807, 2.05) is 0 Å². The molecule has 0 radical (unpaired) electrons. The van der Waals surface area contributed by atoms with E-state index in [4.69, 9.17) is 17.2 Å². The van der Waals surface area contributed by atoms with E-state index in [0.717, 1.165) is 19.3 Å². The Morgan fingerprint density at radius 3 is 2.33 bits per heavy atom. The normalized spacial score (nSPS) is 30.3. The largest absolute Gasteiger partial charge is 0.481 e. The van der Waals surface area contributed by atoms with Crippen LogP contribution in [0.2, 0.25) is 0 Å². The smallest absolute Gasteiger partial charge is 0.309 e. The molecule has 1 aliphatic carbocycles. The van der Waals surface area contributed by atoms with E-state index in [0.29, 0.717) is 5.92 Å². The SMILES string of the molecule is CCC(CC)CC(N)C1C(N=C(N)N)CC(C(=O)O)C1O. The molecule has 0 aromatic heterocycles. The number of carboxylic acid groups (broad SMARTS) is 1. The van der Waals surface area contributed by atoms with Crippen LogP contribution in [0.15, 0.2) is 4.99 Å². The molecule has 1 rings (SSSR count). The van der Waals surface area contributed by atoms with Gasteiger partial charge < -0.3 is 27.4 Å². The maximum absolute atomic E-state index is 11.2. The topological polar surface area (TPSA) is 148 Å². The Morgan fingerprint density at radius 1 is 1.33 bits per heavy atom. The van der Waals surface area contributed by atoms with Gasteiger partial charge in [0.05, 0.1) is 18.1 Å². The van der Waals surface area contributed by atoms with Crippen molar-refractivity contribution in [1.82, 2.24) is 0 Å². The molecule has 0 amide bonds. The van der Waals surface area contributed by atoms with Crippen LogP contribution in [-0.2, 0) is 4.79 Å². The van der Waals surface area contributed by atoms with Gasteiger partial charge in [-0.25, -0.2) is 4.99 Å². The lowest BCUT2D eigenvalue weighted by molar-refractivity contribution is -0.145. The molecule has 0 aliphatic heterocycles. The van der Waals surface area contributed by atoms with Gasteiger partial charge in [-0.05, 0) is 18.8 Å². The van der Waals surface area contributed by atoms with Gasteiger partial charge >= 0.3 is 5.97 Å². The third-order valence-electron chi connectivity index (χ3n) is 4.63. The maximum atomic E-state index is 11.2. The number of guanidine groups is 1. The molecular weight excluding hydrogens is 272 g/mol. The Bertz CT molecular complexity index is 380. The van der Waals surface area contributed by atoms with Crippen LogP contribution in [0.3, 0.4) is 0 Å². The van der Waals surface area contributed by atoms with E-state index in [9.17, 15) is 15.0 Å². The third kappa shape index (κ3) is 4.31. The van der Waals surface area contributed by atoms with Gasteiger partial charge in [0.25, 0.3) is 0 Å². The maximum Gasteiger partial charge on any atom is 0.309 e. The zero-order valence-corrected chi connectivity index (χ0v) is 12.8. The molecule has 21 heavy (non-hydrogen) atoms. The van der Waals surface area contributed by atoms with Crippen molar-refractivity contribution in [3.05, 3.63) is 0 Å². The minimum Gasteiger partial charge on any atom is -0.481 e. The molecule has 5 unspecified atom stereocenters. The number of nitrogens with zero attached hydrogens (tertiary/aromatic N) is 1. The summed E-state index contributed by atoms with van der Waals surface area (Å²) in [7, 11) is 0. The molecule has 1 fully saturated rings. The molecule has 0 saturated heterocycles. The summed E-state index contributed by atoms with van der Waals surface area (Å²) in [4.78, 5) is 15.3. The molecule has 5 atom stereocenters. The van der Waals surface area contributed by atoms with E-state index < -0.39 is 30.0 Å². The van der Waals surface area contributed by atoms with Crippen molar-refractivity contribution in [1.29, 1.82) is 0 Å². The zero-order valence-electron chi connectivity index (χ0n) is 12.8. The van der Waals surface area contributed by atoms with Crippen molar-refractivity contribution in [3.63, 3.8) is 0 Å². The molecule has 8 N–H and O–H groups in total. The molecule has 122 valence electrons. The van der Waals surface area contributed by atoms with Gasteiger partial charge in [-0.2, -0.15) is 0 Å². The van der Waals surface area contributed by atoms with Crippen LogP contribution in [0.1, 0.15) is 39.5 Å². The average molecular weight is 300 g/mol. The monoisotopic (exact) mass is 300 g/mol. The number of rotatable bonds is 7. The summed E-state index contributed by atoms with van der Waals surface area (Å²) in [5.74, 6) is -1.96. The first-order chi connectivity index (χ1) is 9.81. The van der Waals surface area contributed by atoms with E-state index in [2.05, 4.69) is 18.8 Å². The Kier molecular flexibility index (Phi) is 6.42. The number of aliphatic carboxylic acids is 1. The molecule has 0 aromatic carbocycles. The molecule has 0 spiro atoms. The Labute approximate surface area is 125 Å². The minimum atomic E-state index is -1.03. The van der Waals surface area contributed by atoms with Gasteiger partial charge in [0.2, 0.25) is 0 Å². The molecule has 0 heterocycles. The van der Waals surface area contributed by atoms with Crippen LogP contribution in [-0.4, -0.2) is 40.3 Å². The fourth-order valence-corrected chi connectivity index (χ4v) is 3.33. The lowest BCUT2D eigenvalue weighted by atomic mass is 9.84. The van der Waals surface area contributed by atoms with E-state index in [-0.39, 0.29) is 18.4 Å². The van der Waals surface area contributed by atoms with Crippen molar-refractivity contribution in [3.8, 4) is 0 Å². The highest BCUT2D eigenvalue weighted by molar-refractivity contribution is 5.76. The second kappa shape index (κ2) is 7.61. The second-order valence-electron chi connectivity index (χ2n) is 5.95. The van der Waals surface area contributed by atoms with Gasteiger partial charge in [-0.3, -0.25) is 4.79 Å². The van der Waals surface area contributed by atoms with Crippen LogP contribution in [0.25, 0.3) is 0 Å². The number of aliphatic hydroxyl groups is 1. The van der Waals surface area contributed by atoms with Crippen LogP contribution in [0.4, 0.5) is 0 Å². The lowest BCUT2D eigenvalue weighted by Crippen LogP contribution is -2.43. The minimum absolute atomic E-state index is 0.0991. The van der Waals surface area contributed by atoms with E-state index >= 15 is 0 Å². The summed E-state index contributed by atoms with van der Waals surface area (Å²) in [6.45, 7) is 4.19. The lowest BCUT2D eigenvalue weighted by Gasteiger charge is -2.29. The molecule has 7 heteroatoms. The highest BCUT2D eigenvalue weighted by Crippen LogP contribution is 2.37. The summed E-state index contributed by atoms with van der Waals surface area (Å²) in [5.41, 5.74) is 17.1. The Hall–Kier alpha value is -1.34. The summed E-state index contributed by atoms with van der Waals surface area (Å²) in [5, 5.41) is 19.5. The Balaban J connectivity index is 2.92. The third-order valence-corrected chi connectivity index (χ3v) is 4.63. The summed E-state index contributed by atoms with van der Waals surface area (Å²) in [6, 6.07) is -0.752. The molecule has 7 nitrogen and oxygen atoms in total. The quantitative estimate of drug-likeness (QED) is 0.326. The highest BCUT2D eigenvalue weighted by atomic mass is 16.4. The Morgan fingerprint density at radius 2 is 1.90 bits per heavy atom. The zero-order chi connectivity index (χ0) is 16.2. The molecular formula is C14H28N4O3. The number of nitrogens with two attached hydrogens (primary N) is 3. The van der Waals surface area contributed by atoms with Crippen LogP contribution < -0.4 is 17.2 Å². The summed E-state index contributed by atoms with van der Waals surface area (Å²) >= 11 is 0. The second-order valence-corrected chi connectivity index (χ2v) is 5.95. The molecule has 0 bridgehead atoms. The van der Waals surface area contributed by atoms with Crippen molar-refractivity contribution in [2.45, 2.75) is 57.7 Å². The van der Waals surface area contributed by atoms with Gasteiger partial charge in [0, 0.05) is 12.0 Å². The highest BCUT2D eigenvalue weighted by Gasteiger charge is 2.48. The molecule has 0 aromatic rings. The number of hydrogen-bond acceptors (Lipinski definition) is 4. The van der Waals surface area contributed by atoms with Crippen molar-refractivity contribution in [2.75, 3.05) is 0 Å².